The molecule has 32 heavy (non-hydrogen) atoms. The standard InChI is InChI=1S/C22H29N3O2S.C2H6.CH5N/c1-15-20(28-14-24-15)17-9-7-16(8-10-17)13-23-21(27)18-6-5-11-25(18)19(26)12-22(2,3)4;2*1-2/h7-10,14,18H,5-6,11-13H2,1-4H3,(H,23,27);1-2H3;2H2,1H3. The Bertz CT molecular complexity index is 840. The molecule has 0 radical (unpaired) electrons. The van der Waals surface area contributed by atoms with Gasteiger partial charge in [-0.1, -0.05) is 58.9 Å². The first-order valence-electron chi connectivity index (χ1n) is 11.4. The molecule has 3 rings (SSSR count). The lowest BCUT2D eigenvalue weighted by Crippen LogP contribution is -2.46. The summed E-state index contributed by atoms with van der Waals surface area (Å²) in [5.41, 5.74) is 9.51. The van der Waals surface area contributed by atoms with Crippen LogP contribution in [0.3, 0.4) is 0 Å². The number of hydrogen-bond acceptors (Lipinski definition) is 5. The van der Waals surface area contributed by atoms with Gasteiger partial charge in [0.2, 0.25) is 11.8 Å². The van der Waals surface area contributed by atoms with E-state index in [0.29, 0.717) is 19.5 Å². The van der Waals surface area contributed by atoms with Crippen LogP contribution in [0, 0.1) is 12.3 Å². The van der Waals surface area contributed by atoms with E-state index in [1.807, 2.05) is 59.2 Å². The number of aryl methyl sites for hydroxylation is 1. The molecule has 1 aromatic carbocycles. The van der Waals surface area contributed by atoms with E-state index in [0.717, 1.165) is 29.7 Å². The lowest BCUT2D eigenvalue weighted by Gasteiger charge is -2.27. The number of likely N-dealkylation sites (tertiary alicyclic amines) is 1. The summed E-state index contributed by atoms with van der Waals surface area (Å²) in [7, 11) is 1.50. The molecule has 1 saturated heterocycles. The average Bonchev–Trinajstić information content (AvgIpc) is 3.43. The maximum Gasteiger partial charge on any atom is 0.243 e. The normalized spacial score (nSPS) is 15.2. The Balaban J connectivity index is 0.00000121. The van der Waals surface area contributed by atoms with E-state index < -0.39 is 0 Å². The van der Waals surface area contributed by atoms with Crippen LogP contribution in [0.25, 0.3) is 10.4 Å². The number of carbonyl (C=O) groups is 2. The molecule has 0 spiro atoms. The monoisotopic (exact) mass is 460 g/mol. The zero-order valence-corrected chi connectivity index (χ0v) is 21.5. The van der Waals surface area contributed by atoms with Crippen LogP contribution in [0.2, 0.25) is 0 Å². The molecule has 6 nitrogen and oxygen atoms in total. The molecule has 1 aliphatic heterocycles. The van der Waals surface area contributed by atoms with Gasteiger partial charge in [-0.2, -0.15) is 0 Å². The molecule has 0 bridgehead atoms. The summed E-state index contributed by atoms with van der Waals surface area (Å²) < 4.78 is 0. The van der Waals surface area contributed by atoms with Crippen LogP contribution in [0.1, 0.15) is 65.1 Å². The minimum Gasteiger partial charge on any atom is -0.350 e. The van der Waals surface area contributed by atoms with Crippen molar-refractivity contribution in [1.82, 2.24) is 15.2 Å². The molecule has 1 aromatic heterocycles. The van der Waals surface area contributed by atoms with Crippen molar-refractivity contribution >= 4 is 23.2 Å². The van der Waals surface area contributed by atoms with Gasteiger partial charge in [-0.05, 0) is 43.4 Å². The van der Waals surface area contributed by atoms with Gasteiger partial charge in [0, 0.05) is 19.5 Å². The molecule has 0 saturated carbocycles. The minimum absolute atomic E-state index is 0.0536. The summed E-state index contributed by atoms with van der Waals surface area (Å²) in [6.07, 6.45) is 2.09. The summed E-state index contributed by atoms with van der Waals surface area (Å²) in [4.78, 5) is 32.5. The van der Waals surface area contributed by atoms with Crippen LogP contribution in [0.5, 0.6) is 0 Å². The fourth-order valence-electron chi connectivity index (χ4n) is 3.55. The number of amides is 2. The van der Waals surface area contributed by atoms with Crippen molar-refractivity contribution in [3.05, 3.63) is 41.0 Å². The van der Waals surface area contributed by atoms with Gasteiger partial charge in [-0.3, -0.25) is 9.59 Å². The highest BCUT2D eigenvalue weighted by molar-refractivity contribution is 7.13. The third-order valence-electron chi connectivity index (χ3n) is 4.99. The zero-order chi connectivity index (χ0) is 24.3. The van der Waals surface area contributed by atoms with Crippen LogP contribution in [-0.4, -0.2) is 41.3 Å². The van der Waals surface area contributed by atoms with Gasteiger partial charge in [-0.15, -0.1) is 11.3 Å². The van der Waals surface area contributed by atoms with E-state index in [1.54, 1.807) is 16.2 Å². The molecule has 2 heterocycles. The molecule has 7 heteroatoms. The smallest absolute Gasteiger partial charge is 0.243 e. The lowest BCUT2D eigenvalue weighted by molar-refractivity contribution is -0.139. The van der Waals surface area contributed by atoms with Crippen molar-refractivity contribution < 1.29 is 9.59 Å². The Hall–Kier alpha value is -2.25. The summed E-state index contributed by atoms with van der Waals surface area (Å²) in [5.74, 6) is 0.0246. The maximum atomic E-state index is 12.7. The molecule has 1 unspecified atom stereocenters. The number of nitrogens with zero attached hydrogens (tertiary/aromatic N) is 2. The highest BCUT2D eigenvalue weighted by Gasteiger charge is 2.35. The Morgan fingerprint density at radius 2 is 1.81 bits per heavy atom. The largest absolute Gasteiger partial charge is 0.350 e. The fraction of sp³-hybridized carbons (Fsp3) is 0.560. The third-order valence-corrected chi connectivity index (χ3v) is 5.96. The lowest BCUT2D eigenvalue weighted by atomic mass is 9.91. The van der Waals surface area contributed by atoms with E-state index in [4.69, 9.17) is 0 Å². The summed E-state index contributed by atoms with van der Waals surface area (Å²) >= 11 is 1.63. The van der Waals surface area contributed by atoms with Crippen LogP contribution in [0.4, 0.5) is 0 Å². The molecule has 178 valence electrons. The van der Waals surface area contributed by atoms with Crippen molar-refractivity contribution in [1.29, 1.82) is 0 Å². The first-order valence-corrected chi connectivity index (χ1v) is 12.3. The number of aromatic nitrogens is 1. The van der Waals surface area contributed by atoms with Crippen molar-refractivity contribution in [3.63, 3.8) is 0 Å². The molecule has 3 N–H and O–H groups in total. The molecule has 1 aliphatic rings. The first kappa shape index (κ1) is 27.8. The van der Waals surface area contributed by atoms with Crippen molar-refractivity contribution in [2.75, 3.05) is 13.6 Å². The van der Waals surface area contributed by atoms with E-state index in [-0.39, 0.29) is 23.3 Å². The number of benzene rings is 1. The van der Waals surface area contributed by atoms with Crippen molar-refractivity contribution in [2.45, 2.75) is 73.4 Å². The van der Waals surface area contributed by atoms with E-state index in [9.17, 15) is 9.59 Å². The molecule has 1 atom stereocenters. The molecular formula is C25H40N4O2S. The van der Waals surface area contributed by atoms with Gasteiger partial charge >= 0.3 is 0 Å². The second-order valence-corrected chi connectivity index (χ2v) is 9.52. The second-order valence-electron chi connectivity index (χ2n) is 8.66. The second kappa shape index (κ2) is 13.3. The molecule has 2 amide bonds. The summed E-state index contributed by atoms with van der Waals surface area (Å²) in [6.45, 7) is 13.3. The van der Waals surface area contributed by atoms with Gasteiger partial charge in [0.05, 0.1) is 16.1 Å². The van der Waals surface area contributed by atoms with Crippen molar-refractivity contribution in [2.24, 2.45) is 11.1 Å². The summed E-state index contributed by atoms with van der Waals surface area (Å²) in [6, 6.07) is 7.86. The highest BCUT2D eigenvalue weighted by Crippen LogP contribution is 2.27. The van der Waals surface area contributed by atoms with Crippen molar-refractivity contribution in [3.8, 4) is 10.4 Å². The number of rotatable bonds is 5. The summed E-state index contributed by atoms with van der Waals surface area (Å²) in [5, 5.41) is 3.01. The van der Waals surface area contributed by atoms with Crippen LogP contribution < -0.4 is 11.1 Å². The average molecular weight is 461 g/mol. The van der Waals surface area contributed by atoms with E-state index in [1.165, 1.54) is 11.9 Å². The van der Waals surface area contributed by atoms with Gasteiger partial charge in [0.25, 0.3) is 0 Å². The number of thiazole rings is 1. The van der Waals surface area contributed by atoms with Gasteiger partial charge in [0.15, 0.2) is 0 Å². The highest BCUT2D eigenvalue weighted by atomic mass is 32.1. The number of nitrogens with one attached hydrogen (secondary N) is 1. The fourth-order valence-corrected chi connectivity index (χ4v) is 4.36. The molecule has 2 aromatic rings. The predicted molar refractivity (Wildman–Crippen MR) is 134 cm³/mol. The van der Waals surface area contributed by atoms with E-state index in [2.05, 4.69) is 28.2 Å². The Morgan fingerprint density at radius 3 is 2.34 bits per heavy atom. The third kappa shape index (κ3) is 8.02. The molecular weight excluding hydrogens is 420 g/mol. The molecule has 0 aliphatic carbocycles. The van der Waals surface area contributed by atoms with Gasteiger partial charge in [-0.25, -0.2) is 4.98 Å². The minimum atomic E-state index is -0.339. The maximum absolute atomic E-state index is 12.7. The van der Waals surface area contributed by atoms with Gasteiger partial charge in [0.1, 0.15) is 6.04 Å². The Morgan fingerprint density at radius 1 is 1.19 bits per heavy atom. The Labute approximate surface area is 197 Å². The number of nitrogens with two attached hydrogens (primary N) is 1. The number of carbonyl (C=O) groups excluding carboxylic acids is 2. The topological polar surface area (TPSA) is 88.3 Å². The number of hydrogen-bond donors (Lipinski definition) is 2. The van der Waals surface area contributed by atoms with Crippen LogP contribution in [0.15, 0.2) is 29.8 Å². The predicted octanol–water partition coefficient (Wildman–Crippen LogP) is 4.76. The van der Waals surface area contributed by atoms with E-state index >= 15 is 0 Å². The van der Waals surface area contributed by atoms with Crippen LogP contribution in [-0.2, 0) is 16.1 Å². The molecule has 1 fully saturated rings. The SMILES string of the molecule is CC.CN.Cc1ncsc1-c1ccc(CNC(=O)C2CCCN2C(=O)CC(C)(C)C)cc1. The first-order chi connectivity index (χ1) is 15.2. The zero-order valence-electron chi connectivity index (χ0n) is 20.7. The Kier molecular flexibility index (Phi) is 11.6. The van der Waals surface area contributed by atoms with Gasteiger partial charge < -0.3 is 16.0 Å². The van der Waals surface area contributed by atoms with Crippen LogP contribution >= 0.6 is 11.3 Å². The quantitative estimate of drug-likeness (QED) is 0.673.